The van der Waals surface area contributed by atoms with Gasteiger partial charge in [0.05, 0.1) is 0 Å². The molecule has 2 rings (SSSR count). The lowest BCUT2D eigenvalue weighted by molar-refractivity contribution is 0.0930. The van der Waals surface area contributed by atoms with Crippen molar-refractivity contribution in [1.82, 2.24) is 10.6 Å². The molecular formula is C14H20N2O. The standard InChI is InChI=1S/C14H20N2O/c1-10-5-6-12(8-11(10)2)14(17)16-13-4-3-7-15-9-13/h5-6,8,13,15H,3-4,7,9H2,1-2H3,(H,16,17)/t13-/m0/s1. The van der Waals surface area contributed by atoms with Crippen LogP contribution in [-0.2, 0) is 0 Å². The van der Waals surface area contributed by atoms with Crippen molar-refractivity contribution in [3.05, 3.63) is 34.9 Å². The summed E-state index contributed by atoms with van der Waals surface area (Å²) < 4.78 is 0. The number of hydrogen-bond acceptors (Lipinski definition) is 2. The number of nitrogens with one attached hydrogen (secondary N) is 2. The maximum absolute atomic E-state index is 12.0. The molecule has 1 saturated heterocycles. The first-order valence-electron chi connectivity index (χ1n) is 6.25. The van der Waals surface area contributed by atoms with Gasteiger partial charge in [-0.1, -0.05) is 6.07 Å². The van der Waals surface area contributed by atoms with Gasteiger partial charge in [-0.3, -0.25) is 4.79 Å². The van der Waals surface area contributed by atoms with Crippen molar-refractivity contribution in [2.45, 2.75) is 32.7 Å². The average Bonchev–Trinajstić information content (AvgIpc) is 2.34. The van der Waals surface area contributed by atoms with Crippen LogP contribution < -0.4 is 10.6 Å². The zero-order valence-corrected chi connectivity index (χ0v) is 10.5. The molecule has 1 heterocycles. The Kier molecular flexibility index (Phi) is 3.79. The Morgan fingerprint density at radius 2 is 2.18 bits per heavy atom. The summed E-state index contributed by atoms with van der Waals surface area (Å²) in [6.07, 6.45) is 2.21. The normalized spacial score (nSPS) is 20.0. The number of aryl methyl sites for hydroxylation is 2. The van der Waals surface area contributed by atoms with Gasteiger partial charge in [-0.15, -0.1) is 0 Å². The second kappa shape index (κ2) is 5.32. The molecule has 0 radical (unpaired) electrons. The molecular weight excluding hydrogens is 212 g/mol. The summed E-state index contributed by atoms with van der Waals surface area (Å²) in [6.45, 7) is 6.04. The number of piperidine rings is 1. The van der Waals surface area contributed by atoms with Crippen LogP contribution in [0.15, 0.2) is 18.2 Å². The summed E-state index contributed by atoms with van der Waals surface area (Å²) in [4.78, 5) is 12.0. The fourth-order valence-corrected chi connectivity index (χ4v) is 2.13. The van der Waals surface area contributed by atoms with Crippen LogP contribution in [0, 0.1) is 13.8 Å². The zero-order valence-electron chi connectivity index (χ0n) is 10.5. The number of benzene rings is 1. The van der Waals surface area contributed by atoms with E-state index in [-0.39, 0.29) is 11.9 Å². The molecule has 0 aromatic heterocycles. The van der Waals surface area contributed by atoms with Gasteiger partial charge in [-0.25, -0.2) is 0 Å². The van der Waals surface area contributed by atoms with E-state index in [1.54, 1.807) is 0 Å². The van der Waals surface area contributed by atoms with Crippen LogP contribution in [0.3, 0.4) is 0 Å². The molecule has 0 unspecified atom stereocenters. The van der Waals surface area contributed by atoms with E-state index >= 15 is 0 Å². The molecule has 17 heavy (non-hydrogen) atoms. The van der Waals surface area contributed by atoms with Crippen molar-refractivity contribution >= 4 is 5.91 Å². The topological polar surface area (TPSA) is 41.1 Å². The minimum absolute atomic E-state index is 0.0433. The lowest BCUT2D eigenvalue weighted by Crippen LogP contribution is -2.45. The molecule has 1 aromatic rings. The maximum atomic E-state index is 12.0. The monoisotopic (exact) mass is 232 g/mol. The molecule has 1 fully saturated rings. The molecule has 1 aliphatic rings. The molecule has 3 heteroatoms. The van der Waals surface area contributed by atoms with Crippen LogP contribution in [0.4, 0.5) is 0 Å². The quantitative estimate of drug-likeness (QED) is 0.816. The Balaban J connectivity index is 2.01. The lowest BCUT2D eigenvalue weighted by atomic mass is 10.0. The summed E-state index contributed by atoms with van der Waals surface area (Å²) in [6, 6.07) is 6.14. The maximum Gasteiger partial charge on any atom is 0.251 e. The van der Waals surface area contributed by atoms with E-state index in [0.717, 1.165) is 31.5 Å². The number of hydrogen-bond donors (Lipinski definition) is 2. The van der Waals surface area contributed by atoms with Crippen molar-refractivity contribution in [2.75, 3.05) is 13.1 Å². The highest BCUT2D eigenvalue weighted by molar-refractivity contribution is 5.94. The Hall–Kier alpha value is -1.35. The largest absolute Gasteiger partial charge is 0.348 e. The van der Waals surface area contributed by atoms with Crippen LogP contribution in [0.25, 0.3) is 0 Å². The second-order valence-electron chi connectivity index (χ2n) is 4.82. The van der Waals surface area contributed by atoms with Crippen LogP contribution in [0.1, 0.15) is 34.3 Å². The Morgan fingerprint density at radius 3 is 2.82 bits per heavy atom. The van der Waals surface area contributed by atoms with Gasteiger partial charge >= 0.3 is 0 Å². The van der Waals surface area contributed by atoms with Crippen molar-refractivity contribution in [3.8, 4) is 0 Å². The molecule has 0 bridgehead atoms. The van der Waals surface area contributed by atoms with Gasteiger partial charge in [0, 0.05) is 18.2 Å². The summed E-state index contributed by atoms with van der Waals surface area (Å²) in [5.41, 5.74) is 3.15. The van der Waals surface area contributed by atoms with Gasteiger partial charge in [0.15, 0.2) is 0 Å². The summed E-state index contributed by atoms with van der Waals surface area (Å²) in [5.74, 6) is 0.0433. The molecule has 3 nitrogen and oxygen atoms in total. The third-order valence-corrected chi connectivity index (χ3v) is 3.40. The van der Waals surface area contributed by atoms with Crippen LogP contribution in [-0.4, -0.2) is 25.0 Å². The van der Waals surface area contributed by atoms with Gasteiger partial charge in [0.1, 0.15) is 0 Å². The Labute approximate surface area is 103 Å². The van der Waals surface area contributed by atoms with E-state index in [2.05, 4.69) is 17.6 Å². The molecule has 0 saturated carbocycles. The minimum Gasteiger partial charge on any atom is -0.348 e. The van der Waals surface area contributed by atoms with E-state index in [0.29, 0.717) is 0 Å². The molecule has 0 aliphatic carbocycles. The fourth-order valence-electron chi connectivity index (χ4n) is 2.13. The first-order valence-corrected chi connectivity index (χ1v) is 6.25. The highest BCUT2D eigenvalue weighted by atomic mass is 16.1. The second-order valence-corrected chi connectivity index (χ2v) is 4.82. The third-order valence-electron chi connectivity index (χ3n) is 3.40. The first kappa shape index (κ1) is 12.1. The van der Waals surface area contributed by atoms with Gasteiger partial charge in [0.25, 0.3) is 5.91 Å². The SMILES string of the molecule is Cc1ccc(C(=O)N[C@H]2CCCNC2)cc1C. The number of rotatable bonds is 2. The molecule has 1 aromatic carbocycles. The fraction of sp³-hybridized carbons (Fsp3) is 0.500. The van der Waals surface area contributed by atoms with Crippen LogP contribution >= 0.6 is 0 Å². The molecule has 1 aliphatic heterocycles. The first-order chi connectivity index (χ1) is 8.16. The molecule has 2 N–H and O–H groups in total. The smallest absolute Gasteiger partial charge is 0.251 e. The molecule has 1 atom stereocenters. The third kappa shape index (κ3) is 3.07. The van der Waals surface area contributed by atoms with Crippen molar-refractivity contribution in [2.24, 2.45) is 0 Å². The number of carbonyl (C=O) groups is 1. The van der Waals surface area contributed by atoms with Crippen molar-refractivity contribution < 1.29 is 4.79 Å². The van der Waals surface area contributed by atoms with Gasteiger partial charge in [-0.2, -0.15) is 0 Å². The minimum atomic E-state index is 0.0433. The molecule has 1 amide bonds. The summed E-state index contributed by atoms with van der Waals surface area (Å²) in [5, 5.41) is 6.38. The zero-order chi connectivity index (χ0) is 12.3. The van der Waals surface area contributed by atoms with Gasteiger partial charge < -0.3 is 10.6 Å². The predicted octanol–water partition coefficient (Wildman–Crippen LogP) is 1.79. The van der Waals surface area contributed by atoms with Gasteiger partial charge in [0.2, 0.25) is 0 Å². The van der Waals surface area contributed by atoms with E-state index in [4.69, 9.17) is 0 Å². The molecule has 92 valence electrons. The van der Waals surface area contributed by atoms with E-state index in [1.807, 2.05) is 25.1 Å². The summed E-state index contributed by atoms with van der Waals surface area (Å²) in [7, 11) is 0. The van der Waals surface area contributed by atoms with Crippen LogP contribution in [0.5, 0.6) is 0 Å². The number of amides is 1. The highest BCUT2D eigenvalue weighted by Crippen LogP contribution is 2.10. The number of carbonyl (C=O) groups excluding carboxylic acids is 1. The van der Waals surface area contributed by atoms with E-state index in [1.165, 1.54) is 11.1 Å². The predicted molar refractivity (Wildman–Crippen MR) is 69.3 cm³/mol. The van der Waals surface area contributed by atoms with E-state index < -0.39 is 0 Å². The molecule has 0 spiro atoms. The average molecular weight is 232 g/mol. The van der Waals surface area contributed by atoms with E-state index in [9.17, 15) is 4.79 Å². The van der Waals surface area contributed by atoms with Gasteiger partial charge in [-0.05, 0) is 56.5 Å². The van der Waals surface area contributed by atoms with Crippen LogP contribution in [0.2, 0.25) is 0 Å². The Bertz CT molecular complexity index is 409. The lowest BCUT2D eigenvalue weighted by Gasteiger charge is -2.23. The summed E-state index contributed by atoms with van der Waals surface area (Å²) >= 11 is 0. The highest BCUT2D eigenvalue weighted by Gasteiger charge is 2.16. The van der Waals surface area contributed by atoms with Crippen molar-refractivity contribution in [1.29, 1.82) is 0 Å². The Morgan fingerprint density at radius 1 is 1.35 bits per heavy atom. The van der Waals surface area contributed by atoms with Crippen molar-refractivity contribution in [3.63, 3.8) is 0 Å².